The fourth-order valence-electron chi connectivity index (χ4n) is 3.50. The summed E-state index contributed by atoms with van der Waals surface area (Å²) in [5.74, 6) is -0.716. The molecule has 3 rings (SSSR count). The predicted molar refractivity (Wildman–Crippen MR) is 96.3 cm³/mol. The van der Waals surface area contributed by atoms with Crippen molar-refractivity contribution < 1.29 is 19.1 Å². The molecule has 0 amide bonds. The van der Waals surface area contributed by atoms with E-state index in [2.05, 4.69) is 9.97 Å². The summed E-state index contributed by atoms with van der Waals surface area (Å²) in [7, 11) is 0. The van der Waals surface area contributed by atoms with Crippen LogP contribution in [0.1, 0.15) is 51.5 Å². The number of benzene rings is 1. The van der Waals surface area contributed by atoms with E-state index in [-0.39, 0.29) is 11.9 Å². The highest BCUT2D eigenvalue weighted by Gasteiger charge is 2.22. The van der Waals surface area contributed by atoms with Gasteiger partial charge < -0.3 is 19.4 Å². The number of aromatic nitrogens is 2. The number of rotatable bonds is 4. The van der Waals surface area contributed by atoms with E-state index in [0.717, 1.165) is 38.5 Å². The Kier molecular flexibility index (Phi) is 4.29. The van der Waals surface area contributed by atoms with E-state index in [0.29, 0.717) is 24.6 Å². The van der Waals surface area contributed by atoms with Gasteiger partial charge in [-0.25, -0.2) is 9.59 Å². The Labute approximate surface area is 145 Å². The average molecular weight is 342 g/mol. The van der Waals surface area contributed by atoms with E-state index in [1.165, 1.54) is 0 Å². The number of carbonyl (C=O) groups excluding carboxylic acids is 2. The first-order valence-electron chi connectivity index (χ1n) is 8.39. The molecule has 25 heavy (non-hydrogen) atoms. The van der Waals surface area contributed by atoms with E-state index in [1.54, 1.807) is 13.8 Å². The molecule has 0 spiro atoms. The highest BCUT2D eigenvalue weighted by atomic mass is 16.5. The van der Waals surface area contributed by atoms with Crippen LogP contribution in [0.2, 0.25) is 0 Å². The first-order chi connectivity index (χ1) is 11.9. The lowest BCUT2D eigenvalue weighted by molar-refractivity contribution is 0.0510. The second-order valence-electron chi connectivity index (χ2n) is 6.04. The maximum Gasteiger partial charge on any atom is 0.355 e. The minimum atomic E-state index is -0.358. The average Bonchev–Trinajstić information content (AvgIpc) is 3.06. The summed E-state index contributed by atoms with van der Waals surface area (Å²) in [5, 5.41) is 1.96. The minimum Gasteiger partial charge on any atom is -0.461 e. The molecule has 6 nitrogen and oxygen atoms in total. The smallest absolute Gasteiger partial charge is 0.355 e. The van der Waals surface area contributed by atoms with Gasteiger partial charge in [-0.15, -0.1) is 0 Å². The molecule has 0 aliphatic rings. The number of H-pyrrole nitrogens is 2. The Bertz CT molecular complexity index is 918. The van der Waals surface area contributed by atoms with Crippen LogP contribution in [0.3, 0.4) is 0 Å². The van der Waals surface area contributed by atoms with Crippen LogP contribution in [-0.4, -0.2) is 35.1 Å². The maximum atomic E-state index is 12.1. The molecule has 0 atom stereocenters. The van der Waals surface area contributed by atoms with Crippen molar-refractivity contribution in [3.8, 4) is 0 Å². The van der Waals surface area contributed by atoms with Crippen molar-refractivity contribution in [3.63, 3.8) is 0 Å². The molecular weight excluding hydrogens is 320 g/mol. The molecule has 2 heterocycles. The highest BCUT2D eigenvalue weighted by molar-refractivity contribution is 6.09. The predicted octanol–water partition coefficient (Wildman–Crippen LogP) is 3.93. The molecule has 2 N–H and O–H groups in total. The number of carbonyl (C=O) groups is 2. The molecule has 0 saturated carbocycles. The summed E-state index contributed by atoms with van der Waals surface area (Å²) in [5.41, 5.74) is 5.33. The molecule has 0 fully saturated rings. The number of aryl methyl sites for hydroxylation is 3. The van der Waals surface area contributed by atoms with E-state index in [9.17, 15) is 9.59 Å². The summed E-state index contributed by atoms with van der Waals surface area (Å²) < 4.78 is 10.2. The number of ether oxygens (including phenoxy) is 2. The van der Waals surface area contributed by atoms with E-state index in [4.69, 9.17) is 9.47 Å². The topological polar surface area (TPSA) is 84.2 Å². The van der Waals surface area contributed by atoms with E-state index >= 15 is 0 Å². The van der Waals surface area contributed by atoms with Crippen LogP contribution in [0.15, 0.2) is 6.07 Å². The van der Waals surface area contributed by atoms with Crippen LogP contribution >= 0.6 is 0 Å². The molecule has 3 aromatic rings. The lowest BCUT2D eigenvalue weighted by Gasteiger charge is -2.03. The quantitative estimate of drug-likeness (QED) is 0.704. The lowest BCUT2D eigenvalue weighted by Crippen LogP contribution is -2.06. The summed E-state index contributed by atoms with van der Waals surface area (Å²) in [6, 6.07) is 1.92. The third kappa shape index (κ3) is 2.58. The van der Waals surface area contributed by atoms with Gasteiger partial charge in [0.25, 0.3) is 0 Å². The second kappa shape index (κ2) is 6.27. The molecule has 1 aromatic carbocycles. The van der Waals surface area contributed by atoms with Gasteiger partial charge in [-0.1, -0.05) is 0 Å². The largest absolute Gasteiger partial charge is 0.461 e. The van der Waals surface area contributed by atoms with Gasteiger partial charge in [0.2, 0.25) is 0 Å². The number of fused-ring (bicyclic) bond motifs is 2. The number of nitrogens with one attached hydrogen (secondary N) is 2. The maximum absolute atomic E-state index is 12.1. The summed E-state index contributed by atoms with van der Waals surface area (Å²) in [6.07, 6.45) is 0. The van der Waals surface area contributed by atoms with Crippen LogP contribution in [-0.2, 0) is 9.47 Å². The zero-order valence-electron chi connectivity index (χ0n) is 15.1. The first-order valence-corrected chi connectivity index (χ1v) is 8.39. The van der Waals surface area contributed by atoms with Crippen LogP contribution in [0, 0.1) is 20.8 Å². The van der Waals surface area contributed by atoms with Gasteiger partial charge >= 0.3 is 11.9 Å². The normalized spacial score (nSPS) is 11.2. The van der Waals surface area contributed by atoms with Crippen molar-refractivity contribution >= 4 is 33.7 Å². The van der Waals surface area contributed by atoms with Crippen LogP contribution < -0.4 is 0 Å². The molecule has 2 aromatic heterocycles. The van der Waals surface area contributed by atoms with E-state index in [1.807, 2.05) is 26.8 Å². The molecule has 0 bridgehead atoms. The molecule has 6 heteroatoms. The highest BCUT2D eigenvalue weighted by Crippen LogP contribution is 2.34. The monoisotopic (exact) mass is 342 g/mol. The van der Waals surface area contributed by atoms with Gasteiger partial charge in [0.05, 0.1) is 13.2 Å². The van der Waals surface area contributed by atoms with Crippen LogP contribution in [0.25, 0.3) is 21.8 Å². The lowest BCUT2D eigenvalue weighted by atomic mass is 10.00. The van der Waals surface area contributed by atoms with Crippen molar-refractivity contribution in [1.82, 2.24) is 9.97 Å². The van der Waals surface area contributed by atoms with Crippen molar-refractivity contribution in [2.45, 2.75) is 34.6 Å². The molecule has 0 radical (unpaired) electrons. The fraction of sp³-hybridized carbons (Fsp3) is 0.368. The Balaban J connectivity index is 2.25. The van der Waals surface area contributed by atoms with Crippen molar-refractivity contribution in [2.75, 3.05) is 13.2 Å². The molecule has 0 unspecified atom stereocenters. The van der Waals surface area contributed by atoms with Crippen LogP contribution in [0.5, 0.6) is 0 Å². The van der Waals surface area contributed by atoms with Crippen molar-refractivity contribution in [3.05, 3.63) is 34.1 Å². The second-order valence-corrected chi connectivity index (χ2v) is 6.04. The minimum absolute atomic E-state index is 0.329. The SMILES string of the molecule is CCOC(=O)c1[nH]c2cc3[nH]c(C(=O)OCC)c(C)c3c(C)c2c1C. The fourth-order valence-corrected chi connectivity index (χ4v) is 3.50. The van der Waals surface area contributed by atoms with Gasteiger partial charge in [0.1, 0.15) is 11.4 Å². The molecule has 0 aliphatic heterocycles. The Morgan fingerprint density at radius 3 is 1.56 bits per heavy atom. The summed E-state index contributed by atoms with van der Waals surface area (Å²) in [6.45, 7) is 10.0. The third-order valence-electron chi connectivity index (χ3n) is 4.56. The molecule has 0 saturated heterocycles. The number of hydrogen-bond acceptors (Lipinski definition) is 4. The zero-order chi connectivity index (χ0) is 18.3. The molecule has 132 valence electrons. The van der Waals surface area contributed by atoms with Crippen LogP contribution in [0.4, 0.5) is 0 Å². The van der Waals surface area contributed by atoms with Gasteiger partial charge in [-0.05, 0) is 57.4 Å². The van der Waals surface area contributed by atoms with E-state index < -0.39 is 0 Å². The van der Waals surface area contributed by atoms with Gasteiger partial charge in [-0.2, -0.15) is 0 Å². The Morgan fingerprint density at radius 1 is 0.800 bits per heavy atom. The zero-order valence-corrected chi connectivity index (χ0v) is 15.1. The number of hydrogen-bond donors (Lipinski definition) is 2. The summed E-state index contributed by atoms with van der Waals surface area (Å²) in [4.78, 5) is 30.6. The number of aromatic amines is 2. The molecular formula is C19H22N2O4. The third-order valence-corrected chi connectivity index (χ3v) is 4.56. The van der Waals surface area contributed by atoms with Gasteiger partial charge in [-0.3, -0.25) is 0 Å². The van der Waals surface area contributed by atoms with Gasteiger partial charge in [0, 0.05) is 21.8 Å². The first kappa shape index (κ1) is 17.1. The number of esters is 2. The van der Waals surface area contributed by atoms with Crippen molar-refractivity contribution in [1.29, 1.82) is 0 Å². The Morgan fingerprint density at radius 2 is 1.20 bits per heavy atom. The Hall–Kier alpha value is -2.76. The van der Waals surface area contributed by atoms with Gasteiger partial charge in [0.15, 0.2) is 0 Å². The molecule has 0 aliphatic carbocycles. The van der Waals surface area contributed by atoms with Crippen molar-refractivity contribution in [2.24, 2.45) is 0 Å². The summed E-state index contributed by atoms with van der Waals surface area (Å²) >= 11 is 0. The standard InChI is InChI=1S/C19H22N2O4/c1-6-24-18(22)16-10(4)14-9(3)15-11(5)17(19(23)25-7-2)21-13(15)8-12(14)20-16/h8,20-21H,6-7H2,1-5H3.